The summed E-state index contributed by atoms with van der Waals surface area (Å²) in [5.41, 5.74) is -0.470. The maximum absolute atomic E-state index is 13.7. The second kappa shape index (κ2) is 11.4. The van der Waals surface area contributed by atoms with E-state index in [1.54, 1.807) is 24.4 Å². The molecule has 1 aromatic carbocycles. The number of carbonyl (C=O) groups is 1. The lowest BCUT2D eigenvalue weighted by molar-refractivity contribution is 0.0754. The number of amides is 1. The first-order chi connectivity index (χ1) is 18.8. The quantitative estimate of drug-likeness (QED) is 0.421. The van der Waals surface area contributed by atoms with Crippen molar-refractivity contribution in [1.82, 2.24) is 19.8 Å². The van der Waals surface area contributed by atoms with Crippen LogP contribution in [0.3, 0.4) is 0 Å². The first kappa shape index (κ1) is 27.2. The van der Waals surface area contributed by atoms with Crippen LogP contribution in [0.2, 0.25) is 0 Å². The Morgan fingerprint density at radius 2 is 1.77 bits per heavy atom. The van der Waals surface area contributed by atoms with Gasteiger partial charge in [-0.1, -0.05) is 31.4 Å². The minimum Gasteiger partial charge on any atom is -0.506 e. The Balaban J connectivity index is 1.57. The molecule has 208 valence electrons. The molecule has 39 heavy (non-hydrogen) atoms. The molecule has 8 nitrogen and oxygen atoms in total. The topological polar surface area (TPSA) is 108 Å². The number of likely N-dealkylation sites (tertiary alicyclic amines) is 1. The van der Waals surface area contributed by atoms with Gasteiger partial charge in [0, 0.05) is 37.9 Å². The molecule has 1 saturated carbocycles. The van der Waals surface area contributed by atoms with Crippen molar-refractivity contribution in [2.24, 2.45) is 0 Å². The minimum absolute atomic E-state index is 0.195. The van der Waals surface area contributed by atoms with Crippen LogP contribution in [0, 0.1) is 5.82 Å². The van der Waals surface area contributed by atoms with Gasteiger partial charge in [0.05, 0.1) is 17.5 Å². The summed E-state index contributed by atoms with van der Waals surface area (Å²) in [5, 5.41) is 24.5. The van der Waals surface area contributed by atoms with E-state index >= 15 is 0 Å². The Bertz CT molecular complexity index is 1400. The molecule has 5 rings (SSSR count). The lowest BCUT2D eigenvalue weighted by Crippen LogP contribution is -2.53. The predicted octanol–water partition coefficient (Wildman–Crippen LogP) is 3.77. The first-order valence-corrected chi connectivity index (χ1v) is 13.6. The van der Waals surface area contributed by atoms with Crippen LogP contribution in [-0.2, 0) is 6.54 Å². The van der Waals surface area contributed by atoms with Crippen LogP contribution in [-0.4, -0.2) is 68.5 Å². The molecule has 0 bridgehead atoms. The second-order valence-electron chi connectivity index (χ2n) is 10.8. The van der Waals surface area contributed by atoms with Crippen LogP contribution in [0.1, 0.15) is 55.3 Å². The summed E-state index contributed by atoms with van der Waals surface area (Å²) in [5.74, 6) is -1.61. The number of fused-ring (bicyclic) bond motifs is 1. The number of aromatic nitrogens is 2. The van der Waals surface area contributed by atoms with E-state index in [2.05, 4.69) is 15.2 Å². The molecular formula is C29H34F2N4O4. The van der Waals surface area contributed by atoms with Gasteiger partial charge in [-0.2, -0.15) is 0 Å². The molecular weight excluding hydrogens is 506 g/mol. The Morgan fingerprint density at radius 3 is 2.44 bits per heavy atom. The van der Waals surface area contributed by atoms with Crippen LogP contribution in [0.25, 0.3) is 22.2 Å². The number of aromatic hydroxyl groups is 1. The molecule has 10 heteroatoms. The van der Waals surface area contributed by atoms with Crippen molar-refractivity contribution in [3.05, 3.63) is 58.3 Å². The number of carbonyl (C=O) groups excluding carboxylic acids is 1. The third-order valence-corrected chi connectivity index (χ3v) is 8.13. The maximum atomic E-state index is 13.7. The summed E-state index contributed by atoms with van der Waals surface area (Å²) in [6.07, 6.45) is 5.44. The number of nitrogens with one attached hydrogen (secondary N) is 1. The van der Waals surface area contributed by atoms with Gasteiger partial charge < -0.3 is 20.4 Å². The third kappa shape index (κ3) is 5.67. The van der Waals surface area contributed by atoms with Gasteiger partial charge in [-0.15, -0.1) is 0 Å². The fraction of sp³-hybridized carbons (Fsp3) is 0.483. The van der Waals surface area contributed by atoms with E-state index in [0.29, 0.717) is 56.4 Å². The van der Waals surface area contributed by atoms with Crippen molar-refractivity contribution in [3.63, 3.8) is 0 Å². The van der Waals surface area contributed by atoms with E-state index in [0.717, 1.165) is 19.3 Å². The summed E-state index contributed by atoms with van der Waals surface area (Å²) in [6, 6.07) is 7.44. The van der Waals surface area contributed by atoms with Crippen molar-refractivity contribution in [1.29, 1.82) is 0 Å². The molecule has 3 aromatic rings. The fourth-order valence-electron chi connectivity index (χ4n) is 5.75. The number of rotatable bonds is 7. The Hall–Kier alpha value is -3.37. The van der Waals surface area contributed by atoms with Gasteiger partial charge in [0.1, 0.15) is 28.9 Å². The SMILES string of the molecule is O=C(NC1(CO)CCCCC1)c1c(O)c2cc(-c3ccc(F)cc3)cnc2n(CCN2CCC(F)CC2)c1=O. The van der Waals surface area contributed by atoms with E-state index in [1.807, 2.05) is 0 Å². The average Bonchev–Trinajstić information content (AvgIpc) is 2.94. The van der Waals surface area contributed by atoms with Crippen LogP contribution in [0.15, 0.2) is 41.3 Å². The van der Waals surface area contributed by atoms with E-state index < -0.39 is 34.5 Å². The molecule has 2 aromatic heterocycles. The molecule has 0 atom stereocenters. The molecule has 2 aliphatic rings. The monoisotopic (exact) mass is 540 g/mol. The molecule has 3 N–H and O–H groups in total. The number of hydrogen-bond donors (Lipinski definition) is 3. The molecule has 1 aliphatic carbocycles. The number of alkyl halides is 1. The molecule has 0 spiro atoms. The molecule has 0 unspecified atom stereocenters. The highest BCUT2D eigenvalue weighted by Gasteiger charge is 2.35. The number of hydrogen-bond acceptors (Lipinski definition) is 6. The van der Waals surface area contributed by atoms with Gasteiger partial charge >= 0.3 is 0 Å². The molecule has 1 aliphatic heterocycles. The van der Waals surface area contributed by atoms with E-state index in [9.17, 15) is 28.6 Å². The van der Waals surface area contributed by atoms with Gasteiger partial charge in [0.25, 0.3) is 11.5 Å². The van der Waals surface area contributed by atoms with Crippen molar-refractivity contribution < 1.29 is 23.8 Å². The van der Waals surface area contributed by atoms with Crippen LogP contribution < -0.4 is 10.9 Å². The number of aliphatic hydroxyl groups excluding tert-OH is 1. The van der Waals surface area contributed by atoms with Crippen molar-refractivity contribution in [3.8, 4) is 16.9 Å². The number of piperidine rings is 1. The summed E-state index contributed by atoms with van der Waals surface area (Å²) in [6.45, 7) is 1.53. The smallest absolute Gasteiger partial charge is 0.268 e. The highest BCUT2D eigenvalue weighted by molar-refractivity contribution is 6.02. The van der Waals surface area contributed by atoms with Gasteiger partial charge in [0.2, 0.25) is 0 Å². The van der Waals surface area contributed by atoms with Crippen molar-refractivity contribution in [2.75, 3.05) is 26.2 Å². The number of halogens is 2. The summed E-state index contributed by atoms with van der Waals surface area (Å²) < 4.78 is 28.5. The Kier molecular flexibility index (Phi) is 7.95. The van der Waals surface area contributed by atoms with Gasteiger partial charge in [-0.05, 0) is 49.4 Å². The predicted molar refractivity (Wildman–Crippen MR) is 144 cm³/mol. The van der Waals surface area contributed by atoms with Crippen LogP contribution in [0.5, 0.6) is 5.75 Å². The second-order valence-corrected chi connectivity index (χ2v) is 10.8. The third-order valence-electron chi connectivity index (χ3n) is 8.13. The number of pyridine rings is 2. The largest absolute Gasteiger partial charge is 0.506 e. The van der Waals surface area contributed by atoms with Crippen molar-refractivity contribution >= 4 is 16.9 Å². The zero-order chi connectivity index (χ0) is 27.6. The normalized spacial score (nSPS) is 18.3. The zero-order valence-electron chi connectivity index (χ0n) is 21.8. The summed E-state index contributed by atoms with van der Waals surface area (Å²) in [4.78, 5) is 33.8. The van der Waals surface area contributed by atoms with Crippen molar-refractivity contribution in [2.45, 2.75) is 63.2 Å². The van der Waals surface area contributed by atoms with Gasteiger partial charge in [0.15, 0.2) is 0 Å². The number of nitrogens with zero attached hydrogens (tertiary/aromatic N) is 3. The molecule has 3 heterocycles. The maximum Gasteiger partial charge on any atom is 0.268 e. The number of benzene rings is 1. The van der Waals surface area contributed by atoms with Gasteiger partial charge in [-0.25, -0.2) is 13.8 Å². The molecule has 1 saturated heterocycles. The zero-order valence-corrected chi connectivity index (χ0v) is 21.8. The Labute approximate surface area is 225 Å². The van der Waals surface area contributed by atoms with E-state index in [-0.39, 0.29) is 30.0 Å². The molecule has 2 fully saturated rings. The van der Waals surface area contributed by atoms with Gasteiger partial charge in [-0.3, -0.25) is 14.2 Å². The Morgan fingerprint density at radius 1 is 1.08 bits per heavy atom. The average molecular weight is 541 g/mol. The summed E-state index contributed by atoms with van der Waals surface area (Å²) >= 11 is 0. The summed E-state index contributed by atoms with van der Waals surface area (Å²) in [7, 11) is 0. The molecule has 1 amide bonds. The highest BCUT2D eigenvalue weighted by Crippen LogP contribution is 2.32. The standard InChI is InChI=1S/C29H34F2N4O4/c30-21-6-4-19(5-7-21)20-16-23-25(37)24(27(38)33-29(18-36)10-2-1-3-11-29)28(39)35(26(23)32-17-20)15-14-34-12-8-22(31)9-13-34/h4-7,16-17,22,36-37H,1-3,8-15,18H2,(H,33,38). The van der Waals surface area contributed by atoms with E-state index in [1.165, 1.54) is 16.7 Å². The first-order valence-electron chi connectivity index (χ1n) is 13.6. The fourth-order valence-corrected chi connectivity index (χ4v) is 5.75. The minimum atomic E-state index is -0.848. The van der Waals surface area contributed by atoms with Crippen LogP contribution >= 0.6 is 0 Å². The highest BCUT2D eigenvalue weighted by atomic mass is 19.1. The lowest BCUT2D eigenvalue weighted by Gasteiger charge is -2.36. The van der Waals surface area contributed by atoms with E-state index in [4.69, 9.17) is 0 Å². The molecule has 0 radical (unpaired) electrons. The lowest BCUT2D eigenvalue weighted by atomic mass is 9.82. The van der Waals surface area contributed by atoms with Crippen LogP contribution in [0.4, 0.5) is 8.78 Å². The number of aliphatic hydroxyl groups is 1.